The van der Waals surface area contributed by atoms with E-state index in [-0.39, 0.29) is 23.7 Å². The first kappa shape index (κ1) is 24.1. The minimum absolute atomic E-state index is 0.0339. The van der Waals surface area contributed by atoms with Crippen molar-refractivity contribution in [3.63, 3.8) is 0 Å². The van der Waals surface area contributed by atoms with Gasteiger partial charge < -0.3 is 14.8 Å². The summed E-state index contributed by atoms with van der Waals surface area (Å²) < 4.78 is 51.6. The van der Waals surface area contributed by atoms with Crippen molar-refractivity contribution in [3.05, 3.63) is 84.2 Å². The number of methoxy groups -OCH3 is 1. The number of nitrogens with one attached hydrogen (secondary N) is 1. The van der Waals surface area contributed by atoms with Crippen molar-refractivity contribution in [1.82, 2.24) is 5.32 Å². The average Bonchev–Trinajstić information content (AvgIpc) is 2.81. The number of carbonyl (C=O) groups is 1. The van der Waals surface area contributed by atoms with Crippen LogP contribution in [0.1, 0.15) is 5.56 Å². The van der Waals surface area contributed by atoms with Crippen LogP contribution in [0.2, 0.25) is 0 Å². The van der Waals surface area contributed by atoms with Crippen molar-refractivity contribution in [1.29, 1.82) is 0 Å². The van der Waals surface area contributed by atoms with E-state index in [0.29, 0.717) is 11.5 Å². The Labute approximate surface area is 192 Å². The van der Waals surface area contributed by atoms with Crippen LogP contribution in [0.15, 0.2) is 77.7 Å². The van der Waals surface area contributed by atoms with Crippen LogP contribution in [0.4, 0.5) is 10.1 Å². The molecule has 0 fully saturated rings. The largest absolute Gasteiger partial charge is 0.497 e. The summed E-state index contributed by atoms with van der Waals surface area (Å²) in [6, 6.07) is 18.3. The highest BCUT2D eigenvalue weighted by molar-refractivity contribution is 7.92. The zero-order valence-corrected chi connectivity index (χ0v) is 19.1. The highest BCUT2D eigenvalue weighted by atomic mass is 32.2. The van der Waals surface area contributed by atoms with Gasteiger partial charge in [-0.1, -0.05) is 23.8 Å². The van der Waals surface area contributed by atoms with Gasteiger partial charge in [-0.2, -0.15) is 0 Å². The van der Waals surface area contributed by atoms with Gasteiger partial charge >= 0.3 is 0 Å². The lowest BCUT2D eigenvalue weighted by atomic mass is 10.2. The van der Waals surface area contributed by atoms with E-state index in [1.54, 1.807) is 43.5 Å². The van der Waals surface area contributed by atoms with Gasteiger partial charge in [0.15, 0.2) is 0 Å². The first-order valence-corrected chi connectivity index (χ1v) is 11.6. The number of amides is 1. The smallest absolute Gasteiger partial charge is 0.264 e. The van der Waals surface area contributed by atoms with Crippen LogP contribution < -0.4 is 19.1 Å². The summed E-state index contributed by atoms with van der Waals surface area (Å²) in [5.41, 5.74) is 1.08. The van der Waals surface area contributed by atoms with Crippen LogP contribution in [0.25, 0.3) is 0 Å². The third-order valence-corrected chi connectivity index (χ3v) is 6.53. The molecule has 0 saturated carbocycles. The van der Waals surface area contributed by atoms with Crippen LogP contribution in [0.3, 0.4) is 0 Å². The van der Waals surface area contributed by atoms with Crippen molar-refractivity contribution >= 4 is 21.6 Å². The summed E-state index contributed by atoms with van der Waals surface area (Å²) in [5, 5.41) is 2.65. The summed E-state index contributed by atoms with van der Waals surface area (Å²) in [4.78, 5) is 12.6. The number of ether oxygens (including phenoxy) is 2. The Kier molecular flexibility index (Phi) is 7.89. The number of rotatable bonds is 10. The Bertz CT molecular complexity index is 1180. The monoisotopic (exact) mass is 472 g/mol. The maximum absolute atomic E-state index is 13.4. The normalized spacial score (nSPS) is 11.0. The van der Waals surface area contributed by atoms with Gasteiger partial charge in [0.2, 0.25) is 5.91 Å². The van der Waals surface area contributed by atoms with E-state index in [4.69, 9.17) is 9.47 Å². The van der Waals surface area contributed by atoms with Gasteiger partial charge in [0.1, 0.15) is 30.5 Å². The topological polar surface area (TPSA) is 84.9 Å². The van der Waals surface area contributed by atoms with Crippen molar-refractivity contribution in [2.24, 2.45) is 0 Å². The van der Waals surface area contributed by atoms with E-state index in [2.05, 4.69) is 5.32 Å². The van der Waals surface area contributed by atoms with Gasteiger partial charge in [-0.05, 0) is 55.5 Å². The first-order valence-electron chi connectivity index (χ1n) is 10.2. The number of aryl methyl sites for hydroxylation is 1. The van der Waals surface area contributed by atoms with Gasteiger partial charge in [-0.3, -0.25) is 9.10 Å². The third-order valence-electron chi connectivity index (χ3n) is 4.74. The molecular formula is C24H25FN2O5S. The lowest BCUT2D eigenvalue weighted by molar-refractivity contribution is -0.119. The predicted molar refractivity (Wildman–Crippen MR) is 124 cm³/mol. The van der Waals surface area contributed by atoms with Crippen molar-refractivity contribution in [2.45, 2.75) is 11.8 Å². The highest BCUT2D eigenvalue weighted by Gasteiger charge is 2.27. The lowest BCUT2D eigenvalue weighted by Gasteiger charge is -2.24. The molecule has 174 valence electrons. The second-order valence-corrected chi connectivity index (χ2v) is 9.04. The fourth-order valence-corrected chi connectivity index (χ4v) is 4.42. The van der Waals surface area contributed by atoms with Gasteiger partial charge in [0.05, 0.1) is 24.2 Å². The molecule has 3 rings (SSSR count). The third kappa shape index (κ3) is 6.45. The first-order chi connectivity index (χ1) is 15.8. The molecule has 0 aliphatic heterocycles. The summed E-state index contributed by atoms with van der Waals surface area (Å²) in [6.07, 6.45) is 0. The minimum atomic E-state index is -4.06. The second-order valence-electron chi connectivity index (χ2n) is 7.18. The maximum atomic E-state index is 13.4. The zero-order chi connectivity index (χ0) is 23.8. The molecule has 0 aliphatic rings. The molecule has 9 heteroatoms. The van der Waals surface area contributed by atoms with E-state index < -0.39 is 28.3 Å². The van der Waals surface area contributed by atoms with Gasteiger partial charge in [0.25, 0.3) is 10.0 Å². The highest BCUT2D eigenvalue weighted by Crippen LogP contribution is 2.24. The molecule has 7 nitrogen and oxygen atoms in total. The molecular weight excluding hydrogens is 447 g/mol. The molecule has 0 atom stereocenters. The van der Waals surface area contributed by atoms with Crippen molar-refractivity contribution < 1.29 is 27.1 Å². The molecule has 1 N–H and O–H groups in total. The van der Waals surface area contributed by atoms with Crippen molar-refractivity contribution in [2.75, 3.05) is 31.1 Å². The Balaban J connectivity index is 1.68. The van der Waals surface area contributed by atoms with Crippen molar-refractivity contribution in [3.8, 4) is 11.5 Å². The zero-order valence-electron chi connectivity index (χ0n) is 18.3. The summed E-state index contributed by atoms with van der Waals surface area (Å²) in [6.45, 7) is 1.72. The van der Waals surface area contributed by atoms with E-state index in [0.717, 1.165) is 22.0 Å². The molecule has 3 aromatic rings. The summed E-state index contributed by atoms with van der Waals surface area (Å²) in [5.74, 6) is 0.195. The molecule has 0 heterocycles. The van der Waals surface area contributed by atoms with Crippen LogP contribution in [-0.2, 0) is 14.8 Å². The number of carbonyl (C=O) groups excluding carboxylic acids is 1. The summed E-state index contributed by atoms with van der Waals surface area (Å²) in [7, 11) is -2.50. The second kappa shape index (κ2) is 10.8. The molecule has 0 unspecified atom stereocenters. The Morgan fingerprint density at radius 1 is 1.00 bits per heavy atom. The number of sulfonamides is 1. The maximum Gasteiger partial charge on any atom is 0.264 e. The van der Waals surface area contributed by atoms with E-state index >= 15 is 0 Å². The number of nitrogens with zero attached hydrogens (tertiary/aromatic N) is 1. The number of anilines is 1. The number of hydrogen-bond donors (Lipinski definition) is 1. The molecule has 0 bridgehead atoms. The van der Waals surface area contributed by atoms with Crippen LogP contribution in [-0.4, -0.2) is 41.1 Å². The minimum Gasteiger partial charge on any atom is -0.497 e. The predicted octanol–water partition coefficient (Wildman–Crippen LogP) is 3.53. The Morgan fingerprint density at radius 3 is 2.33 bits per heavy atom. The molecule has 33 heavy (non-hydrogen) atoms. The van der Waals surface area contributed by atoms with Gasteiger partial charge in [-0.25, -0.2) is 12.8 Å². The average molecular weight is 473 g/mol. The van der Waals surface area contributed by atoms with Crippen LogP contribution in [0.5, 0.6) is 11.5 Å². The lowest BCUT2D eigenvalue weighted by Crippen LogP contribution is -2.41. The Morgan fingerprint density at radius 2 is 1.67 bits per heavy atom. The SMILES string of the molecule is COc1cccc(OCCNC(=O)CN(c2ccc(F)cc2)S(=O)(=O)c2ccc(C)cc2)c1. The molecule has 0 aliphatic carbocycles. The number of hydrogen-bond acceptors (Lipinski definition) is 5. The van der Waals surface area contributed by atoms with E-state index in [1.165, 1.54) is 24.3 Å². The van der Waals surface area contributed by atoms with Crippen LogP contribution in [0, 0.1) is 12.7 Å². The van der Waals surface area contributed by atoms with Gasteiger partial charge in [-0.15, -0.1) is 0 Å². The molecule has 0 saturated heterocycles. The molecule has 0 radical (unpaired) electrons. The Hall–Kier alpha value is -3.59. The molecule has 1 amide bonds. The molecule has 0 aromatic heterocycles. The number of benzene rings is 3. The fourth-order valence-electron chi connectivity index (χ4n) is 3.00. The quantitative estimate of drug-likeness (QED) is 0.457. The fraction of sp³-hybridized carbons (Fsp3) is 0.208. The molecule has 0 spiro atoms. The molecule has 3 aromatic carbocycles. The van der Waals surface area contributed by atoms with Crippen LogP contribution >= 0.6 is 0 Å². The summed E-state index contributed by atoms with van der Waals surface area (Å²) >= 11 is 0. The number of halogens is 1. The standard InChI is InChI=1S/C24H25FN2O5S/c1-18-6-12-23(13-7-18)33(29,30)27(20-10-8-19(25)9-11-20)17-24(28)26-14-15-32-22-5-3-4-21(16-22)31-2/h3-13,16H,14-15,17H2,1-2H3,(H,26,28). The van der Waals surface area contributed by atoms with Gasteiger partial charge in [0, 0.05) is 6.07 Å². The van der Waals surface area contributed by atoms with E-state index in [9.17, 15) is 17.6 Å². The van der Waals surface area contributed by atoms with E-state index in [1.807, 2.05) is 6.92 Å².